The number of amides is 1. The van der Waals surface area contributed by atoms with Crippen LogP contribution in [-0.4, -0.2) is 30.5 Å². The summed E-state index contributed by atoms with van der Waals surface area (Å²) < 4.78 is 19.7. The molecule has 0 aromatic heterocycles. The van der Waals surface area contributed by atoms with Gasteiger partial charge in [-0.3, -0.25) is 15.1 Å². The van der Waals surface area contributed by atoms with Crippen LogP contribution in [0, 0.1) is 5.82 Å². The molecule has 6 heteroatoms. The zero-order valence-electron chi connectivity index (χ0n) is 13.2. The number of hydrogen-bond donors (Lipinski definition) is 2. The molecule has 1 amide bonds. The van der Waals surface area contributed by atoms with Crippen LogP contribution in [0.25, 0.3) is 0 Å². The van der Waals surface area contributed by atoms with Gasteiger partial charge in [0.2, 0.25) is 0 Å². The van der Waals surface area contributed by atoms with Crippen LogP contribution < -0.4 is 11.3 Å². The number of hydrogen-bond acceptors (Lipinski definition) is 4. The molecule has 0 saturated carbocycles. The molecule has 3 rings (SSSR count). The predicted octanol–water partition coefficient (Wildman–Crippen LogP) is 2.00. The minimum atomic E-state index is -0.312. The number of hydrazine groups is 1. The van der Waals surface area contributed by atoms with Crippen molar-refractivity contribution in [2.45, 2.75) is 12.6 Å². The van der Waals surface area contributed by atoms with E-state index in [-0.39, 0.29) is 17.8 Å². The first-order valence-corrected chi connectivity index (χ1v) is 7.85. The Morgan fingerprint density at radius 1 is 1.25 bits per heavy atom. The molecule has 1 atom stereocenters. The van der Waals surface area contributed by atoms with E-state index in [4.69, 9.17) is 10.6 Å². The van der Waals surface area contributed by atoms with Crippen molar-refractivity contribution in [3.63, 3.8) is 0 Å². The summed E-state index contributed by atoms with van der Waals surface area (Å²) in [6.45, 7) is 2.70. The first-order valence-electron chi connectivity index (χ1n) is 7.85. The van der Waals surface area contributed by atoms with Crippen LogP contribution in [0.2, 0.25) is 0 Å². The standard InChI is InChI=1S/C18H20FN3O2/c19-16-4-2-1-3-15(16)17-12-22(9-10-24-17)11-13-5-7-14(8-6-13)18(23)21-20/h1-8,17H,9-12,20H2,(H,21,23). The van der Waals surface area contributed by atoms with E-state index in [1.807, 2.05) is 18.2 Å². The maximum Gasteiger partial charge on any atom is 0.265 e. The molecule has 2 aromatic carbocycles. The van der Waals surface area contributed by atoms with Crippen LogP contribution >= 0.6 is 0 Å². The molecule has 0 bridgehead atoms. The molecular formula is C18H20FN3O2. The maximum atomic E-state index is 13.9. The summed E-state index contributed by atoms with van der Waals surface area (Å²) in [4.78, 5) is 13.7. The smallest absolute Gasteiger partial charge is 0.265 e. The number of carbonyl (C=O) groups excluding carboxylic acids is 1. The fourth-order valence-corrected chi connectivity index (χ4v) is 2.87. The quantitative estimate of drug-likeness (QED) is 0.511. The summed E-state index contributed by atoms with van der Waals surface area (Å²) in [5.74, 6) is 4.57. The van der Waals surface area contributed by atoms with Crippen molar-refractivity contribution >= 4 is 5.91 Å². The van der Waals surface area contributed by atoms with Gasteiger partial charge in [0.1, 0.15) is 5.82 Å². The molecule has 0 radical (unpaired) electrons. The van der Waals surface area contributed by atoms with E-state index in [0.717, 1.165) is 18.7 Å². The van der Waals surface area contributed by atoms with E-state index < -0.39 is 0 Å². The summed E-state index contributed by atoms with van der Waals surface area (Å²) in [5, 5.41) is 0. The largest absolute Gasteiger partial charge is 0.371 e. The van der Waals surface area contributed by atoms with Crippen molar-refractivity contribution in [2.24, 2.45) is 5.84 Å². The van der Waals surface area contributed by atoms with Gasteiger partial charge in [-0.2, -0.15) is 0 Å². The predicted molar refractivity (Wildman–Crippen MR) is 88.5 cm³/mol. The lowest BCUT2D eigenvalue weighted by Crippen LogP contribution is -2.38. The molecule has 2 aromatic rings. The average molecular weight is 329 g/mol. The maximum absolute atomic E-state index is 13.9. The van der Waals surface area contributed by atoms with Crippen molar-refractivity contribution in [3.05, 3.63) is 71.0 Å². The van der Waals surface area contributed by atoms with E-state index in [1.54, 1.807) is 24.3 Å². The van der Waals surface area contributed by atoms with Gasteiger partial charge in [-0.05, 0) is 23.8 Å². The molecule has 1 fully saturated rings. The Labute approximate surface area is 140 Å². The van der Waals surface area contributed by atoms with Gasteiger partial charge in [0, 0.05) is 30.8 Å². The van der Waals surface area contributed by atoms with E-state index in [2.05, 4.69) is 10.3 Å². The zero-order valence-corrected chi connectivity index (χ0v) is 13.2. The molecule has 1 aliphatic heterocycles. The van der Waals surface area contributed by atoms with Crippen molar-refractivity contribution in [3.8, 4) is 0 Å². The van der Waals surface area contributed by atoms with Crippen molar-refractivity contribution in [2.75, 3.05) is 19.7 Å². The number of nitrogens with two attached hydrogens (primary N) is 1. The van der Waals surface area contributed by atoms with Crippen LogP contribution in [0.1, 0.15) is 27.6 Å². The van der Waals surface area contributed by atoms with Gasteiger partial charge in [-0.15, -0.1) is 0 Å². The molecule has 1 aliphatic rings. The number of morpholine rings is 1. The molecule has 1 unspecified atom stereocenters. The number of carbonyl (C=O) groups is 1. The zero-order chi connectivity index (χ0) is 16.9. The molecule has 1 saturated heterocycles. The summed E-state index contributed by atoms with van der Waals surface area (Å²) in [6.07, 6.45) is -0.262. The number of rotatable bonds is 4. The highest BCUT2D eigenvalue weighted by Gasteiger charge is 2.24. The Balaban J connectivity index is 1.65. The lowest BCUT2D eigenvalue weighted by atomic mass is 10.1. The molecule has 0 aliphatic carbocycles. The number of nitrogens with one attached hydrogen (secondary N) is 1. The summed E-state index contributed by atoms with van der Waals surface area (Å²) in [6, 6.07) is 14.0. The highest BCUT2D eigenvalue weighted by molar-refractivity contribution is 5.93. The Hall–Kier alpha value is -2.28. The second kappa shape index (κ2) is 7.53. The Morgan fingerprint density at radius 3 is 2.71 bits per heavy atom. The van der Waals surface area contributed by atoms with Gasteiger partial charge >= 0.3 is 0 Å². The van der Waals surface area contributed by atoms with Gasteiger partial charge in [-0.1, -0.05) is 30.3 Å². The molecule has 126 valence electrons. The van der Waals surface area contributed by atoms with Crippen LogP contribution in [0.3, 0.4) is 0 Å². The van der Waals surface area contributed by atoms with Gasteiger partial charge in [-0.25, -0.2) is 10.2 Å². The Bertz CT molecular complexity index is 706. The third-order valence-electron chi connectivity index (χ3n) is 4.16. The van der Waals surface area contributed by atoms with Crippen molar-refractivity contribution in [1.82, 2.24) is 10.3 Å². The minimum absolute atomic E-state index is 0.235. The summed E-state index contributed by atoms with van der Waals surface area (Å²) in [7, 11) is 0. The number of nitrogen functional groups attached to an aromatic ring is 1. The molecule has 1 heterocycles. The Morgan fingerprint density at radius 2 is 2.00 bits per heavy atom. The van der Waals surface area contributed by atoms with E-state index >= 15 is 0 Å². The molecule has 24 heavy (non-hydrogen) atoms. The lowest BCUT2D eigenvalue weighted by molar-refractivity contribution is -0.0344. The Kier molecular flexibility index (Phi) is 5.20. The third kappa shape index (κ3) is 3.79. The van der Waals surface area contributed by atoms with Gasteiger partial charge in [0.25, 0.3) is 5.91 Å². The second-order valence-electron chi connectivity index (χ2n) is 5.79. The molecule has 3 N–H and O–H groups in total. The fraction of sp³-hybridized carbons (Fsp3) is 0.278. The summed E-state index contributed by atoms with van der Waals surface area (Å²) in [5.41, 5.74) is 4.31. The number of benzene rings is 2. The highest BCUT2D eigenvalue weighted by Crippen LogP contribution is 2.25. The van der Waals surface area contributed by atoms with Crippen LogP contribution in [-0.2, 0) is 11.3 Å². The number of ether oxygens (including phenoxy) is 1. The average Bonchev–Trinajstić information content (AvgIpc) is 2.62. The number of nitrogens with zero attached hydrogens (tertiary/aromatic N) is 1. The first-order chi connectivity index (χ1) is 11.7. The third-order valence-corrected chi connectivity index (χ3v) is 4.16. The molecule has 0 spiro atoms. The van der Waals surface area contributed by atoms with Crippen molar-refractivity contribution in [1.29, 1.82) is 0 Å². The topological polar surface area (TPSA) is 67.6 Å². The highest BCUT2D eigenvalue weighted by atomic mass is 19.1. The molecular weight excluding hydrogens is 309 g/mol. The van der Waals surface area contributed by atoms with Gasteiger partial charge < -0.3 is 4.74 Å². The van der Waals surface area contributed by atoms with E-state index in [9.17, 15) is 9.18 Å². The van der Waals surface area contributed by atoms with E-state index in [0.29, 0.717) is 24.3 Å². The SMILES string of the molecule is NNC(=O)c1ccc(CN2CCOC(c3ccccc3F)C2)cc1. The number of halogens is 1. The van der Waals surface area contributed by atoms with E-state index in [1.165, 1.54) is 6.07 Å². The minimum Gasteiger partial charge on any atom is -0.371 e. The van der Waals surface area contributed by atoms with Gasteiger partial charge in [0.15, 0.2) is 0 Å². The van der Waals surface area contributed by atoms with Crippen LogP contribution in [0.15, 0.2) is 48.5 Å². The summed E-state index contributed by atoms with van der Waals surface area (Å²) >= 11 is 0. The monoisotopic (exact) mass is 329 g/mol. The fourth-order valence-electron chi connectivity index (χ4n) is 2.87. The van der Waals surface area contributed by atoms with Crippen LogP contribution in [0.4, 0.5) is 4.39 Å². The second-order valence-corrected chi connectivity index (χ2v) is 5.79. The van der Waals surface area contributed by atoms with Crippen molar-refractivity contribution < 1.29 is 13.9 Å². The van der Waals surface area contributed by atoms with Crippen LogP contribution in [0.5, 0.6) is 0 Å². The first kappa shape index (κ1) is 16.6. The normalized spacial score (nSPS) is 18.3. The van der Waals surface area contributed by atoms with Gasteiger partial charge in [0.05, 0.1) is 12.7 Å². The molecule has 5 nitrogen and oxygen atoms in total. The lowest BCUT2D eigenvalue weighted by Gasteiger charge is -2.33.